The number of nitrogens with zero attached hydrogens (tertiary/aromatic N) is 1. The van der Waals surface area contributed by atoms with Crippen LogP contribution in [0.4, 0.5) is 5.69 Å². The van der Waals surface area contributed by atoms with Crippen molar-refractivity contribution >= 4 is 23.4 Å². The number of rotatable bonds is 5. The quantitative estimate of drug-likeness (QED) is 0.833. The topological polar surface area (TPSA) is 91.7 Å². The molecule has 2 heterocycles. The van der Waals surface area contributed by atoms with Gasteiger partial charge in [0.25, 0.3) is 11.8 Å². The van der Waals surface area contributed by atoms with E-state index in [0.29, 0.717) is 49.0 Å². The maximum atomic E-state index is 12.5. The average Bonchev–Trinajstić information content (AvgIpc) is 3.36. The molecule has 1 saturated carbocycles. The number of carbonyl (C=O) groups is 3. The van der Waals surface area contributed by atoms with Crippen LogP contribution in [-0.4, -0.2) is 41.8 Å². The summed E-state index contributed by atoms with van der Waals surface area (Å²) in [7, 11) is 0. The molecule has 146 valence electrons. The molecule has 0 unspecified atom stereocenters. The van der Waals surface area contributed by atoms with Gasteiger partial charge in [0.1, 0.15) is 0 Å². The van der Waals surface area contributed by atoms with E-state index in [1.165, 1.54) is 6.26 Å². The summed E-state index contributed by atoms with van der Waals surface area (Å²) in [6.45, 7) is 1.05. The Morgan fingerprint density at radius 2 is 1.68 bits per heavy atom. The Bertz CT molecular complexity index is 848. The van der Waals surface area contributed by atoms with E-state index in [0.717, 1.165) is 12.8 Å². The molecule has 28 heavy (non-hydrogen) atoms. The van der Waals surface area contributed by atoms with Crippen molar-refractivity contribution < 1.29 is 18.8 Å². The first kappa shape index (κ1) is 18.3. The smallest absolute Gasteiger partial charge is 0.289 e. The Morgan fingerprint density at radius 3 is 2.29 bits per heavy atom. The van der Waals surface area contributed by atoms with Crippen LogP contribution < -0.4 is 10.6 Å². The van der Waals surface area contributed by atoms with Gasteiger partial charge < -0.3 is 20.0 Å². The summed E-state index contributed by atoms with van der Waals surface area (Å²) in [5, 5.41) is 5.85. The van der Waals surface area contributed by atoms with E-state index < -0.39 is 0 Å². The zero-order valence-electron chi connectivity index (χ0n) is 15.5. The average molecular weight is 381 g/mol. The van der Waals surface area contributed by atoms with E-state index >= 15 is 0 Å². The molecule has 0 atom stereocenters. The van der Waals surface area contributed by atoms with Crippen LogP contribution >= 0.6 is 0 Å². The third-order valence-electron chi connectivity index (χ3n) is 5.21. The van der Waals surface area contributed by atoms with Gasteiger partial charge in [0, 0.05) is 36.3 Å². The van der Waals surface area contributed by atoms with Gasteiger partial charge in [-0.3, -0.25) is 14.4 Å². The standard InChI is InChI=1S/C21H23N3O4/c25-19(23-17-7-8-17)14-3-5-16(6-4-14)22-20(26)15-9-11-24(12-10-15)21(27)18-2-1-13-28-18/h1-6,13,15,17H,7-12H2,(H,22,26)(H,23,25). The van der Waals surface area contributed by atoms with Crippen molar-refractivity contribution in [1.82, 2.24) is 10.2 Å². The number of hydrogen-bond donors (Lipinski definition) is 2. The fourth-order valence-electron chi connectivity index (χ4n) is 3.35. The second-order valence-corrected chi connectivity index (χ2v) is 7.36. The normalized spacial score (nSPS) is 17.2. The summed E-state index contributed by atoms with van der Waals surface area (Å²) in [5.41, 5.74) is 1.26. The van der Waals surface area contributed by atoms with Crippen LogP contribution in [0.2, 0.25) is 0 Å². The van der Waals surface area contributed by atoms with E-state index in [1.54, 1.807) is 41.3 Å². The van der Waals surface area contributed by atoms with Crippen LogP contribution in [0.25, 0.3) is 0 Å². The SMILES string of the molecule is O=C(NC1CC1)c1ccc(NC(=O)C2CCN(C(=O)c3ccco3)CC2)cc1. The number of amides is 3. The minimum absolute atomic E-state index is 0.0553. The summed E-state index contributed by atoms with van der Waals surface area (Å²) in [4.78, 5) is 38.5. The highest BCUT2D eigenvalue weighted by atomic mass is 16.3. The fraction of sp³-hybridized carbons (Fsp3) is 0.381. The molecule has 2 fully saturated rings. The molecule has 3 amide bonds. The highest BCUT2D eigenvalue weighted by Gasteiger charge is 2.29. The maximum Gasteiger partial charge on any atom is 0.289 e. The van der Waals surface area contributed by atoms with Crippen LogP contribution in [0.1, 0.15) is 46.6 Å². The summed E-state index contributed by atoms with van der Waals surface area (Å²) >= 11 is 0. The molecule has 0 radical (unpaired) electrons. The molecule has 2 N–H and O–H groups in total. The minimum Gasteiger partial charge on any atom is -0.459 e. The lowest BCUT2D eigenvalue weighted by Gasteiger charge is -2.30. The summed E-state index contributed by atoms with van der Waals surface area (Å²) in [6, 6.07) is 10.6. The zero-order valence-corrected chi connectivity index (χ0v) is 15.5. The van der Waals surface area contributed by atoms with Gasteiger partial charge in [-0.2, -0.15) is 0 Å². The number of nitrogens with one attached hydrogen (secondary N) is 2. The Hall–Kier alpha value is -3.09. The van der Waals surface area contributed by atoms with Crippen molar-refractivity contribution in [2.75, 3.05) is 18.4 Å². The van der Waals surface area contributed by atoms with Gasteiger partial charge in [-0.1, -0.05) is 0 Å². The Morgan fingerprint density at radius 1 is 0.964 bits per heavy atom. The molecular formula is C21H23N3O4. The number of hydrogen-bond acceptors (Lipinski definition) is 4. The first-order valence-corrected chi connectivity index (χ1v) is 9.65. The highest BCUT2D eigenvalue weighted by molar-refractivity contribution is 5.96. The fourth-order valence-corrected chi connectivity index (χ4v) is 3.35. The molecule has 1 aromatic carbocycles. The van der Waals surface area contributed by atoms with Crippen molar-refractivity contribution in [3.63, 3.8) is 0 Å². The second-order valence-electron chi connectivity index (χ2n) is 7.36. The molecule has 4 rings (SSSR count). The van der Waals surface area contributed by atoms with Crippen LogP contribution in [0.5, 0.6) is 0 Å². The molecule has 2 aromatic rings. The molecule has 7 nitrogen and oxygen atoms in total. The predicted octanol–water partition coefficient (Wildman–Crippen LogP) is 2.66. The van der Waals surface area contributed by atoms with Crippen molar-refractivity contribution in [3.8, 4) is 0 Å². The summed E-state index contributed by atoms with van der Waals surface area (Å²) < 4.78 is 5.15. The molecular weight excluding hydrogens is 358 g/mol. The largest absolute Gasteiger partial charge is 0.459 e. The molecule has 0 spiro atoms. The van der Waals surface area contributed by atoms with Gasteiger partial charge in [-0.25, -0.2) is 0 Å². The van der Waals surface area contributed by atoms with E-state index in [1.807, 2.05) is 0 Å². The number of benzene rings is 1. The minimum atomic E-state index is -0.140. The van der Waals surface area contributed by atoms with E-state index in [-0.39, 0.29) is 23.6 Å². The van der Waals surface area contributed by atoms with Crippen molar-refractivity contribution in [1.29, 1.82) is 0 Å². The molecule has 7 heteroatoms. The lowest BCUT2D eigenvalue weighted by atomic mass is 9.95. The van der Waals surface area contributed by atoms with Crippen molar-refractivity contribution in [3.05, 3.63) is 54.0 Å². The van der Waals surface area contributed by atoms with Crippen LogP contribution in [0.15, 0.2) is 47.1 Å². The molecule has 2 aliphatic rings. The number of likely N-dealkylation sites (tertiary alicyclic amines) is 1. The van der Waals surface area contributed by atoms with Gasteiger partial charge in [0.15, 0.2) is 5.76 Å². The van der Waals surface area contributed by atoms with Gasteiger partial charge in [0.2, 0.25) is 5.91 Å². The lowest BCUT2D eigenvalue weighted by molar-refractivity contribution is -0.121. The third kappa shape index (κ3) is 4.24. The van der Waals surface area contributed by atoms with Crippen LogP contribution in [-0.2, 0) is 4.79 Å². The molecule has 1 aliphatic heterocycles. The van der Waals surface area contributed by atoms with Gasteiger partial charge in [0.05, 0.1) is 6.26 Å². The van der Waals surface area contributed by atoms with Crippen LogP contribution in [0, 0.1) is 5.92 Å². The molecule has 1 aromatic heterocycles. The summed E-state index contributed by atoms with van der Waals surface area (Å²) in [6.07, 6.45) is 4.80. The predicted molar refractivity (Wildman–Crippen MR) is 103 cm³/mol. The van der Waals surface area contributed by atoms with Crippen molar-refractivity contribution in [2.24, 2.45) is 5.92 Å². The van der Waals surface area contributed by atoms with Crippen molar-refractivity contribution in [2.45, 2.75) is 31.7 Å². The van der Waals surface area contributed by atoms with E-state index in [9.17, 15) is 14.4 Å². The molecule has 1 saturated heterocycles. The number of furan rings is 1. The first-order valence-electron chi connectivity index (χ1n) is 9.65. The number of carbonyl (C=O) groups excluding carboxylic acids is 3. The van der Waals surface area contributed by atoms with Gasteiger partial charge >= 0.3 is 0 Å². The number of anilines is 1. The second kappa shape index (κ2) is 7.88. The first-order chi connectivity index (χ1) is 13.6. The summed E-state index contributed by atoms with van der Waals surface area (Å²) in [5.74, 6) is -0.0784. The van der Waals surface area contributed by atoms with Gasteiger partial charge in [-0.05, 0) is 62.1 Å². The maximum absolute atomic E-state index is 12.5. The van der Waals surface area contributed by atoms with E-state index in [4.69, 9.17) is 4.42 Å². The molecule has 0 bridgehead atoms. The Kier molecular flexibility index (Phi) is 5.14. The monoisotopic (exact) mass is 381 g/mol. The molecule has 1 aliphatic carbocycles. The number of piperidine rings is 1. The van der Waals surface area contributed by atoms with E-state index in [2.05, 4.69) is 10.6 Å². The highest BCUT2D eigenvalue weighted by Crippen LogP contribution is 2.22. The Balaban J connectivity index is 1.27. The van der Waals surface area contributed by atoms with Crippen LogP contribution in [0.3, 0.4) is 0 Å². The lowest BCUT2D eigenvalue weighted by Crippen LogP contribution is -2.41. The zero-order chi connectivity index (χ0) is 19.5. The Labute approximate surface area is 163 Å². The third-order valence-corrected chi connectivity index (χ3v) is 5.21. The van der Waals surface area contributed by atoms with Gasteiger partial charge in [-0.15, -0.1) is 0 Å².